The van der Waals surface area contributed by atoms with Crippen LogP contribution in [0.4, 0.5) is 0 Å². The molecule has 134 valence electrons. The number of likely N-dealkylation sites (N-methyl/N-ethyl adjacent to an activating group) is 1. The Morgan fingerprint density at radius 3 is 2.48 bits per heavy atom. The van der Waals surface area contributed by atoms with E-state index in [0.29, 0.717) is 24.6 Å². The molecule has 4 heteroatoms. The lowest BCUT2D eigenvalue weighted by Crippen LogP contribution is -2.39. The van der Waals surface area contributed by atoms with Crippen molar-refractivity contribution in [3.8, 4) is 5.75 Å². The summed E-state index contributed by atoms with van der Waals surface area (Å²) in [5.74, 6) is 1.46. The predicted molar refractivity (Wildman–Crippen MR) is 103 cm³/mol. The van der Waals surface area contributed by atoms with Gasteiger partial charge in [-0.1, -0.05) is 56.3 Å². The zero-order valence-corrected chi connectivity index (χ0v) is 15.2. The standard InChI is InChI=1S/C21H29N3O/c1-3-22-15-20-16(2)21(24-23-20)18-9-11-19(12-10-18)25-14-13-17-7-5-4-6-8-17/h4-12,16,20-24H,3,13-15H2,1-2H3. The lowest BCUT2D eigenvalue weighted by Gasteiger charge is -2.19. The van der Waals surface area contributed by atoms with Crippen molar-refractivity contribution in [2.45, 2.75) is 32.4 Å². The maximum Gasteiger partial charge on any atom is 0.119 e. The van der Waals surface area contributed by atoms with Gasteiger partial charge in [-0.3, -0.25) is 5.43 Å². The van der Waals surface area contributed by atoms with Crippen LogP contribution in [0.2, 0.25) is 0 Å². The van der Waals surface area contributed by atoms with Gasteiger partial charge >= 0.3 is 0 Å². The minimum atomic E-state index is 0.335. The molecule has 4 nitrogen and oxygen atoms in total. The van der Waals surface area contributed by atoms with Crippen molar-refractivity contribution in [3.63, 3.8) is 0 Å². The lowest BCUT2D eigenvalue weighted by molar-refractivity contribution is 0.321. The van der Waals surface area contributed by atoms with Gasteiger partial charge in [-0.25, -0.2) is 5.43 Å². The third kappa shape index (κ3) is 4.82. The Bertz CT molecular complexity index is 629. The second-order valence-corrected chi connectivity index (χ2v) is 6.69. The summed E-state index contributed by atoms with van der Waals surface area (Å²) >= 11 is 0. The molecular formula is C21H29N3O. The van der Waals surface area contributed by atoms with E-state index in [1.54, 1.807) is 0 Å². The second kappa shape index (κ2) is 8.99. The molecule has 0 spiro atoms. The van der Waals surface area contributed by atoms with Crippen molar-refractivity contribution in [3.05, 3.63) is 65.7 Å². The van der Waals surface area contributed by atoms with Crippen molar-refractivity contribution < 1.29 is 4.74 Å². The van der Waals surface area contributed by atoms with Crippen LogP contribution in [-0.2, 0) is 6.42 Å². The molecule has 1 aliphatic rings. The number of nitrogens with one attached hydrogen (secondary N) is 3. The molecule has 3 N–H and O–H groups in total. The molecule has 1 fully saturated rings. The zero-order chi connectivity index (χ0) is 17.5. The van der Waals surface area contributed by atoms with Gasteiger partial charge < -0.3 is 10.1 Å². The number of hydrogen-bond acceptors (Lipinski definition) is 4. The minimum Gasteiger partial charge on any atom is -0.493 e. The van der Waals surface area contributed by atoms with E-state index in [0.717, 1.165) is 25.3 Å². The molecule has 1 aliphatic heterocycles. The summed E-state index contributed by atoms with van der Waals surface area (Å²) in [6, 6.07) is 19.7. The number of ether oxygens (including phenoxy) is 1. The van der Waals surface area contributed by atoms with Crippen LogP contribution >= 0.6 is 0 Å². The highest BCUT2D eigenvalue weighted by Crippen LogP contribution is 2.29. The lowest BCUT2D eigenvalue weighted by atomic mass is 9.91. The highest BCUT2D eigenvalue weighted by molar-refractivity contribution is 5.30. The topological polar surface area (TPSA) is 45.3 Å². The highest BCUT2D eigenvalue weighted by atomic mass is 16.5. The van der Waals surface area contributed by atoms with Crippen molar-refractivity contribution in [2.24, 2.45) is 5.92 Å². The van der Waals surface area contributed by atoms with Crippen molar-refractivity contribution in [1.29, 1.82) is 0 Å². The second-order valence-electron chi connectivity index (χ2n) is 6.69. The van der Waals surface area contributed by atoms with Crippen molar-refractivity contribution in [1.82, 2.24) is 16.2 Å². The predicted octanol–water partition coefficient (Wildman–Crippen LogP) is 3.07. The van der Waals surface area contributed by atoms with Gasteiger partial charge in [0.1, 0.15) is 5.75 Å². The third-order valence-electron chi connectivity index (χ3n) is 4.94. The number of hydrazine groups is 1. The Hall–Kier alpha value is -1.88. The van der Waals surface area contributed by atoms with E-state index in [-0.39, 0.29) is 0 Å². The molecule has 2 aromatic rings. The van der Waals surface area contributed by atoms with E-state index in [1.165, 1.54) is 11.1 Å². The normalized spacial score (nSPS) is 22.9. The largest absolute Gasteiger partial charge is 0.493 e. The quantitative estimate of drug-likeness (QED) is 0.692. The van der Waals surface area contributed by atoms with E-state index < -0.39 is 0 Å². The molecule has 0 aromatic heterocycles. The van der Waals surface area contributed by atoms with Gasteiger partial charge in [0, 0.05) is 19.0 Å². The van der Waals surface area contributed by atoms with E-state index in [2.05, 4.69) is 78.5 Å². The Balaban J connectivity index is 1.50. The first-order valence-corrected chi connectivity index (χ1v) is 9.26. The first-order chi connectivity index (χ1) is 12.3. The molecule has 1 saturated heterocycles. The van der Waals surface area contributed by atoms with E-state index in [1.807, 2.05) is 6.07 Å². The monoisotopic (exact) mass is 339 g/mol. The Labute approximate surface area is 151 Å². The van der Waals surface area contributed by atoms with Crippen LogP contribution < -0.4 is 20.9 Å². The van der Waals surface area contributed by atoms with Gasteiger partial charge in [0.05, 0.1) is 12.6 Å². The summed E-state index contributed by atoms with van der Waals surface area (Å²) in [7, 11) is 0. The Kier molecular flexibility index (Phi) is 6.45. The van der Waals surface area contributed by atoms with Gasteiger partial charge in [0.25, 0.3) is 0 Å². The van der Waals surface area contributed by atoms with Gasteiger partial charge in [0.2, 0.25) is 0 Å². The average molecular weight is 339 g/mol. The van der Waals surface area contributed by atoms with Crippen LogP contribution in [0.25, 0.3) is 0 Å². The number of hydrogen-bond donors (Lipinski definition) is 3. The maximum absolute atomic E-state index is 5.88. The molecule has 3 atom stereocenters. The third-order valence-corrected chi connectivity index (χ3v) is 4.94. The molecule has 1 heterocycles. The fourth-order valence-electron chi connectivity index (χ4n) is 3.32. The van der Waals surface area contributed by atoms with E-state index >= 15 is 0 Å². The van der Waals surface area contributed by atoms with Crippen LogP contribution in [0.5, 0.6) is 5.75 Å². The molecule has 3 unspecified atom stereocenters. The Morgan fingerprint density at radius 2 is 1.76 bits per heavy atom. The van der Waals surface area contributed by atoms with Crippen molar-refractivity contribution in [2.75, 3.05) is 19.7 Å². The molecule has 0 aliphatic carbocycles. The van der Waals surface area contributed by atoms with Crippen molar-refractivity contribution >= 4 is 0 Å². The first kappa shape index (κ1) is 17.9. The molecule has 0 amide bonds. The molecule has 2 aromatic carbocycles. The van der Waals surface area contributed by atoms with Crippen LogP contribution in [-0.4, -0.2) is 25.7 Å². The smallest absolute Gasteiger partial charge is 0.119 e. The summed E-state index contributed by atoms with van der Waals surface area (Å²) in [5, 5.41) is 3.42. The highest BCUT2D eigenvalue weighted by Gasteiger charge is 2.32. The molecule has 3 rings (SSSR count). The van der Waals surface area contributed by atoms with E-state index in [4.69, 9.17) is 4.74 Å². The summed E-state index contributed by atoms with van der Waals surface area (Å²) in [6.45, 7) is 7.13. The average Bonchev–Trinajstić information content (AvgIpc) is 3.02. The van der Waals surface area contributed by atoms with Crippen LogP contribution in [0.15, 0.2) is 54.6 Å². The molecular weight excluding hydrogens is 310 g/mol. The van der Waals surface area contributed by atoms with Gasteiger partial charge in [0.15, 0.2) is 0 Å². The van der Waals surface area contributed by atoms with Gasteiger partial charge in [-0.15, -0.1) is 0 Å². The fourth-order valence-corrected chi connectivity index (χ4v) is 3.32. The molecule has 0 saturated carbocycles. The van der Waals surface area contributed by atoms with Crippen LogP contribution in [0.1, 0.15) is 31.0 Å². The van der Waals surface area contributed by atoms with Crippen LogP contribution in [0.3, 0.4) is 0 Å². The maximum atomic E-state index is 5.88. The molecule has 0 radical (unpaired) electrons. The first-order valence-electron chi connectivity index (χ1n) is 9.26. The summed E-state index contributed by atoms with van der Waals surface area (Å²) < 4.78 is 5.88. The number of benzene rings is 2. The van der Waals surface area contributed by atoms with Crippen LogP contribution in [0, 0.1) is 5.92 Å². The number of rotatable bonds is 8. The van der Waals surface area contributed by atoms with Gasteiger partial charge in [-0.05, 0) is 35.7 Å². The summed E-state index contributed by atoms with van der Waals surface area (Å²) in [4.78, 5) is 0. The Morgan fingerprint density at radius 1 is 1.00 bits per heavy atom. The molecule has 25 heavy (non-hydrogen) atoms. The minimum absolute atomic E-state index is 0.335. The molecule has 0 bridgehead atoms. The zero-order valence-electron chi connectivity index (χ0n) is 15.2. The summed E-state index contributed by atoms with van der Waals surface area (Å²) in [5.41, 5.74) is 9.45. The fraction of sp³-hybridized carbons (Fsp3) is 0.429. The summed E-state index contributed by atoms with van der Waals surface area (Å²) in [6.07, 6.45) is 0.930. The van der Waals surface area contributed by atoms with Gasteiger partial charge in [-0.2, -0.15) is 0 Å². The SMILES string of the molecule is CCNCC1NNC(c2ccc(OCCc3ccccc3)cc2)C1C. The van der Waals surface area contributed by atoms with E-state index in [9.17, 15) is 0 Å².